The highest BCUT2D eigenvalue weighted by atomic mass is 35.5. The van der Waals surface area contributed by atoms with Crippen LogP contribution < -0.4 is 19.7 Å². The first-order chi connectivity index (χ1) is 63.0. The number of nitrogens with zero attached hydrogens (tertiary/aromatic N) is 3. The summed E-state index contributed by atoms with van der Waals surface area (Å²) >= 11 is 13.3. The number of hydrogen-bond donors (Lipinski definition) is 3. The molecule has 0 aliphatic carbocycles. The number of aromatic nitrogens is 2. The number of carboxylic acids is 1. The van der Waals surface area contributed by atoms with Crippen molar-refractivity contribution < 1.29 is 151 Å². The largest absolute Gasteiger partial charge is 0.744 e. The van der Waals surface area contributed by atoms with Crippen molar-refractivity contribution in [3.63, 3.8) is 0 Å². The number of amides is 1. The predicted molar refractivity (Wildman–Crippen MR) is 490 cm³/mol. The molecule has 0 fully saturated rings. The monoisotopic (exact) mass is 1910 g/mol. The highest BCUT2D eigenvalue weighted by molar-refractivity contribution is 7.85. The van der Waals surface area contributed by atoms with Crippen molar-refractivity contribution in [2.75, 3.05) is 355 Å². The lowest BCUT2D eigenvalue weighted by Gasteiger charge is -2.27. The Kier molecular flexibility index (Phi) is 76.5. The van der Waals surface area contributed by atoms with Gasteiger partial charge in [-0.25, -0.2) is 17.6 Å². The average molecular weight is 1910 g/mol. The minimum Gasteiger partial charge on any atom is -0.744 e. The number of rotatable bonds is 93. The molecule has 748 valence electrons. The van der Waals surface area contributed by atoms with Crippen LogP contribution in [-0.2, 0) is 152 Å². The summed E-state index contributed by atoms with van der Waals surface area (Å²) in [7, 11) is -3.02. The minimum atomic E-state index is -4.67. The fourth-order valence-corrected chi connectivity index (χ4v) is 13.5. The lowest BCUT2D eigenvalue weighted by Crippen LogP contribution is -3.11. The second kappa shape index (κ2) is 83.0. The normalized spacial score (nSPS) is 13.1. The van der Waals surface area contributed by atoms with E-state index in [0.29, 0.717) is 372 Å². The smallest absolute Gasteiger partial charge is 0.303 e. The molecule has 2 heterocycles. The number of ether oxygens (including phenoxy) is 24. The number of carboxylic acid groups (broad SMARTS) is 1. The number of anilines is 1. The Morgan fingerprint density at radius 2 is 0.775 bits per heavy atom. The van der Waals surface area contributed by atoms with Gasteiger partial charge in [-0.15, -0.1) is 0 Å². The minimum absolute atomic E-state index is 0.0519. The van der Waals surface area contributed by atoms with Gasteiger partial charge in [0, 0.05) is 68.0 Å². The van der Waals surface area contributed by atoms with E-state index in [1.165, 1.54) is 31.8 Å². The summed E-state index contributed by atoms with van der Waals surface area (Å²) in [6.45, 7) is 41.1. The van der Waals surface area contributed by atoms with Gasteiger partial charge in [0.1, 0.15) is 10.1 Å². The van der Waals surface area contributed by atoms with Crippen LogP contribution in [0.4, 0.5) is 5.69 Å². The Hall–Kier alpha value is -4.38. The van der Waals surface area contributed by atoms with E-state index in [1.807, 2.05) is 38.1 Å². The van der Waals surface area contributed by atoms with Crippen LogP contribution in [0.2, 0.25) is 10.0 Å². The second-order valence-corrected chi connectivity index (χ2v) is 32.0. The number of methoxy groups -OCH3 is 1. The lowest BCUT2D eigenvalue weighted by atomic mass is 9.83. The molecule has 35 nitrogen and oxygen atoms in total. The molecule has 0 unspecified atom stereocenters. The van der Waals surface area contributed by atoms with Gasteiger partial charge >= 0.3 is 5.97 Å². The molecule has 3 aromatic rings. The van der Waals surface area contributed by atoms with Crippen LogP contribution in [0.1, 0.15) is 117 Å². The van der Waals surface area contributed by atoms with E-state index in [4.69, 9.17) is 137 Å². The topological polar surface area (TPSA) is 362 Å². The van der Waals surface area contributed by atoms with Gasteiger partial charge in [0.05, 0.1) is 358 Å². The maximum absolute atomic E-state index is 12.8. The Balaban J connectivity index is 0.00000586. The first-order valence-corrected chi connectivity index (χ1v) is 48.5. The molecular formula is C91H160Cl2N5O30S+. The van der Waals surface area contributed by atoms with Crippen LogP contribution in [0, 0.1) is 0 Å². The third kappa shape index (κ3) is 61.4. The summed E-state index contributed by atoms with van der Waals surface area (Å²) in [4.78, 5) is 27.8. The van der Waals surface area contributed by atoms with Gasteiger partial charge in [0.2, 0.25) is 5.91 Å². The molecule has 0 radical (unpaired) electrons. The third-order valence-electron chi connectivity index (χ3n) is 19.8. The number of imidazole rings is 1. The van der Waals surface area contributed by atoms with Crippen LogP contribution >= 0.6 is 23.2 Å². The number of quaternary nitrogens is 1. The van der Waals surface area contributed by atoms with Crippen LogP contribution in [0.15, 0.2) is 53.1 Å². The second-order valence-electron chi connectivity index (χ2n) is 29.8. The summed E-state index contributed by atoms with van der Waals surface area (Å²) in [6.07, 6.45) is 12.6. The van der Waals surface area contributed by atoms with Gasteiger partial charge < -0.3 is 138 Å². The summed E-state index contributed by atoms with van der Waals surface area (Å²) in [5.74, 6) is 0.00863. The van der Waals surface area contributed by atoms with E-state index in [2.05, 4.69) is 53.1 Å². The molecule has 1 amide bonds. The highest BCUT2D eigenvalue weighted by Gasteiger charge is 2.40. The lowest BCUT2D eigenvalue weighted by molar-refractivity contribution is -0.894. The van der Waals surface area contributed by atoms with Crippen molar-refractivity contribution in [1.29, 1.82) is 0 Å². The molecule has 1 aromatic heterocycles. The molecule has 0 saturated heterocycles. The first kappa shape index (κ1) is 119. The number of carbonyl (C=O) groups excluding carboxylic acids is 1. The Bertz CT molecular complexity index is 3350. The van der Waals surface area contributed by atoms with Gasteiger partial charge in [-0.05, 0) is 95.6 Å². The van der Waals surface area contributed by atoms with E-state index in [9.17, 15) is 27.7 Å². The molecule has 0 bridgehead atoms. The van der Waals surface area contributed by atoms with Crippen LogP contribution in [0.3, 0.4) is 0 Å². The van der Waals surface area contributed by atoms with E-state index in [0.717, 1.165) is 65.9 Å². The fraction of sp³-hybridized carbons (Fsp3) is 0.791. The summed E-state index contributed by atoms with van der Waals surface area (Å²) in [5, 5.41) is 13.1. The van der Waals surface area contributed by atoms with Crippen molar-refractivity contribution in [1.82, 2.24) is 9.88 Å². The maximum Gasteiger partial charge on any atom is 0.303 e. The summed E-state index contributed by atoms with van der Waals surface area (Å²) in [6, 6.07) is 8.35. The molecule has 129 heavy (non-hydrogen) atoms. The number of hydrogen-bond acceptors (Lipinski definition) is 30. The van der Waals surface area contributed by atoms with Crippen LogP contribution in [-0.4, -0.2) is 385 Å². The standard InChI is InChI=1S/C85H144Cl2N4O30S.C6H15N/c1-5-6-21-89-78-19-18-74(122(95,96)97)71-75(78)85(2,3)81(89)14-13-16-83-90(79-72-76(86)77(87)73-80(79)91(83)23-12-8-10-17-84(93)94)22-11-7-9-15-82(92)88-20-24-99-27-28-101-31-32-103-35-36-105-39-40-107-43-44-109-47-48-111-51-52-113-55-56-115-59-60-117-63-64-119-67-68-121-70-69-120-66-65-118-62-61-116-58-57-114-54-53-112-50-49-110-46-45-108-42-41-106-38-37-104-34-33-102-30-29-100-26-25-98-4;1-4-7(5-2)6-3/h13-14,16,18-19,71-73H,5-12,15,17,20-70H2,1-4H3,(H2-,88,92,93,94,95,96,97);4-6H2,1-3H3/p+1. The zero-order valence-corrected chi connectivity index (χ0v) is 81.0. The fourth-order valence-electron chi connectivity index (χ4n) is 12.7. The third-order valence-corrected chi connectivity index (χ3v) is 21.3. The number of unbranched alkanes of at least 4 members (excludes halogenated alkanes) is 5. The molecule has 4 rings (SSSR count). The van der Waals surface area contributed by atoms with Gasteiger partial charge in [-0.2, -0.15) is 0 Å². The number of aliphatic carboxylic acids is 1. The number of aryl methyl sites for hydroxylation is 2. The van der Waals surface area contributed by atoms with Crippen molar-refractivity contribution in [2.45, 2.75) is 129 Å². The van der Waals surface area contributed by atoms with Gasteiger partial charge in [0.25, 0.3) is 5.82 Å². The van der Waals surface area contributed by atoms with Crippen LogP contribution in [0.25, 0.3) is 17.1 Å². The van der Waals surface area contributed by atoms with Crippen molar-refractivity contribution in [3.05, 3.63) is 69.6 Å². The number of benzene rings is 2. The van der Waals surface area contributed by atoms with E-state index in [1.54, 1.807) is 18.1 Å². The Morgan fingerprint density at radius 1 is 0.442 bits per heavy atom. The van der Waals surface area contributed by atoms with E-state index >= 15 is 0 Å². The number of halogens is 2. The maximum atomic E-state index is 12.8. The quantitative estimate of drug-likeness (QED) is 0.0274. The number of nitrogens with one attached hydrogen (secondary N) is 2. The molecule has 0 spiro atoms. The van der Waals surface area contributed by atoms with Gasteiger partial charge in [0.15, 0.2) is 11.0 Å². The molecule has 3 N–H and O–H groups in total. The molecule has 0 atom stereocenters. The Morgan fingerprint density at radius 3 is 1.10 bits per heavy atom. The summed E-state index contributed by atoms with van der Waals surface area (Å²) < 4.78 is 173. The number of fused-ring (bicyclic) bond motifs is 2. The van der Waals surface area contributed by atoms with Crippen molar-refractivity contribution in [3.8, 4) is 0 Å². The molecule has 0 saturated carbocycles. The average Bonchev–Trinajstić information content (AvgIpc) is 1.59. The molecule has 1 aliphatic heterocycles. The molecule has 2 aromatic carbocycles. The predicted octanol–water partition coefficient (Wildman–Crippen LogP) is 7.92. The zero-order valence-electron chi connectivity index (χ0n) is 78.7. The van der Waals surface area contributed by atoms with E-state index < -0.39 is 21.5 Å². The van der Waals surface area contributed by atoms with E-state index in [-0.39, 0.29) is 17.2 Å². The molecule has 38 heteroatoms. The van der Waals surface area contributed by atoms with Gasteiger partial charge in [-0.3, -0.25) is 9.59 Å². The molecular weight excluding hydrogens is 1750 g/mol. The van der Waals surface area contributed by atoms with Gasteiger partial charge in [-0.1, -0.05) is 56.5 Å². The SMILES string of the molecule is CCCCN1C(=CC=Cc2n(CCCCCC(=O)O)c3cc(Cl)c(Cl)cc3[n+]2CCCCCC(=O)NCCOCCOCCOCCOCCOCCOCCOCCOCCOCCOCCOCCOCCOCCOCCOCCOCCOCCOCCOCCOCCOCCOCCOCCOC)C(C)(C)c2cc(S(=O)(=O)[O-])ccc21.CC[NH+](CC)CC. The summed E-state index contributed by atoms with van der Waals surface area (Å²) in [5.41, 5.74) is 3.74. The Labute approximate surface area is 778 Å². The van der Waals surface area contributed by atoms with Crippen molar-refractivity contribution >= 4 is 68.0 Å². The van der Waals surface area contributed by atoms with Crippen LogP contribution in [0.5, 0.6) is 0 Å². The number of allylic oxidation sites excluding steroid dienone is 3. The molecule has 1 aliphatic rings. The van der Waals surface area contributed by atoms with Crippen molar-refractivity contribution in [2.24, 2.45) is 0 Å². The zero-order chi connectivity index (χ0) is 93.2. The highest BCUT2D eigenvalue weighted by Crippen LogP contribution is 2.48. The first-order valence-electron chi connectivity index (χ1n) is 46.3. The number of carbonyl (C=O) groups is 2.